The molecule has 2 rings (SSSR count). The van der Waals surface area contributed by atoms with Gasteiger partial charge >= 0.3 is 0 Å². The van der Waals surface area contributed by atoms with Gasteiger partial charge in [-0.1, -0.05) is 30.3 Å². The number of benzene rings is 1. The van der Waals surface area contributed by atoms with Crippen LogP contribution in [-0.2, 0) is 11.3 Å². The standard InChI is InChI=1S/C16H25NO/c1-16(2,3)18-15-10-7-11-17(13-15)12-14-8-5-4-6-9-14/h4-6,8-9,15H,7,10-13H2,1-3H3. The highest BCUT2D eigenvalue weighted by molar-refractivity contribution is 5.14. The van der Waals surface area contributed by atoms with E-state index in [0.717, 1.165) is 13.1 Å². The molecule has 1 atom stereocenters. The number of hydrogen-bond acceptors (Lipinski definition) is 2. The number of piperidine rings is 1. The van der Waals surface area contributed by atoms with E-state index in [4.69, 9.17) is 4.74 Å². The summed E-state index contributed by atoms with van der Waals surface area (Å²) in [5, 5.41) is 0. The highest BCUT2D eigenvalue weighted by atomic mass is 16.5. The Bertz CT molecular complexity index is 355. The molecule has 1 aliphatic rings. The molecule has 1 aromatic carbocycles. The predicted molar refractivity (Wildman–Crippen MR) is 75.6 cm³/mol. The monoisotopic (exact) mass is 247 g/mol. The normalized spacial score (nSPS) is 22.1. The average molecular weight is 247 g/mol. The lowest BCUT2D eigenvalue weighted by Gasteiger charge is -2.36. The fourth-order valence-electron chi connectivity index (χ4n) is 2.59. The minimum absolute atomic E-state index is 0.0274. The Hall–Kier alpha value is -0.860. The van der Waals surface area contributed by atoms with Crippen molar-refractivity contribution in [2.75, 3.05) is 13.1 Å². The Labute approximate surface area is 111 Å². The molecule has 0 amide bonds. The van der Waals surface area contributed by atoms with Crippen LogP contribution in [0.25, 0.3) is 0 Å². The zero-order valence-corrected chi connectivity index (χ0v) is 11.9. The van der Waals surface area contributed by atoms with E-state index in [2.05, 4.69) is 56.0 Å². The van der Waals surface area contributed by atoms with Gasteiger partial charge in [0.05, 0.1) is 11.7 Å². The Morgan fingerprint density at radius 3 is 2.61 bits per heavy atom. The van der Waals surface area contributed by atoms with Crippen LogP contribution in [0.4, 0.5) is 0 Å². The van der Waals surface area contributed by atoms with Crippen LogP contribution in [0.15, 0.2) is 30.3 Å². The van der Waals surface area contributed by atoms with Gasteiger partial charge in [-0.2, -0.15) is 0 Å². The lowest BCUT2D eigenvalue weighted by Crippen LogP contribution is -2.42. The topological polar surface area (TPSA) is 12.5 Å². The second kappa shape index (κ2) is 5.85. The number of ether oxygens (including phenoxy) is 1. The third-order valence-corrected chi connectivity index (χ3v) is 3.23. The van der Waals surface area contributed by atoms with Crippen LogP contribution in [0.3, 0.4) is 0 Å². The second-order valence-electron chi connectivity index (χ2n) is 6.22. The van der Waals surface area contributed by atoms with E-state index in [1.807, 2.05) is 0 Å². The van der Waals surface area contributed by atoms with Crippen LogP contribution in [0.2, 0.25) is 0 Å². The highest BCUT2D eigenvalue weighted by Gasteiger charge is 2.24. The summed E-state index contributed by atoms with van der Waals surface area (Å²) in [4.78, 5) is 2.51. The first kappa shape index (κ1) is 13.6. The molecule has 0 N–H and O–H groups in total. The van der Waals surface area contributed by atoms with Gasteiger partial charge in [0, 0.05) is 13.1 Å². The van der Waals surface area contributed by atoms with Crippen molar-refractivity contribution in [3.63, 3.8) is 0 Å². The molecule has 1 saturated heterocycles. The van der Waals surface area contributed by atoms with Crippen molar-refractivity contribution in [2.24, 2.45) is 0 Å². The maximum atomic E-state index is 6.10. The average Bonchev–Trinajstić information content (AvgIpc) is 2.28. The first-order valence-corrected chi connectivity index (χ1v) is 6.97. The maximum absolute atomic E-state index is 6.10. The van der Waals surface area contributed by atoms with Gasteiger partial charge in [0.15, 0.2) is 0 Å². The maximum Gasteiger partial charge on any atom is 0.0709 e. The Morgan fingerprint density at radius 2 is 1.94 bits per heavy atom. The summed E-state index contributed by atoms with van der Waals surface area (Å²) in [6.45, 7) is 9.73. The molecule has 0 aliphatic carbocycles. The molecule has 1 unspecified atom stereocenters. The largest absolute Gasteiger partial charge is 0.371 e. The molecule has 1 aliphatic heterocycles. The summed E-state index contributed by atoms with van der Waals surface area (Å²) >= 11 is 0. The minimum atomic E-state index is -0.0274. The van der Waals surface area contributed by atoms with Gasteiger partial charge < -0.3 is 4.74 Å². The number of likely N-dealkylation sites (tertiary alicyclic amines) is 1. The SMILES string of the molecule is CC(C)(C)OC1CCCN(Cc2ccccc2)C1. The summed E-state index contributed by atoms with van der Waals surface area (Å²) in [7, 11) is 0. The molecule has 2 heteroatoms. The fraction of sp³-hybridized carbons (Fsp3) is 0.625. The van der Waals surface area contributed by atoms with Crippen molar-refractivity contribution in [3.05, 3.63) is 35.9 Å². The van der Waals surface area contributed by atoms with E-state index in [9.17, 15) is 0 Å². The van der Waals surface area contributed by atoms with Crippen LogP contribution < -0.4 is 0 Å². The molecule has 1 heterocycles. The quantitative estimate of drug-likeness (QED) is 0.811. The van der Waals surface area contributed by atoms with E-state index < -0.39 is 0 Å². The summed E-state index contributed by atoms with van der Waals surface area (Å²) < 4.78 is 6.10. The van der Waals surface area contributed by atoms with E-state index in [-0.39, 0.29) is 5.60 Å². The minimum Gasteiger partial charge on any atom is -0.371 e. The van der Waals surface area contributed by atoms with E-state index in [1.54, 1.807) is 0 Å². The molecule has 1 fully saturated rings. The lowest BCUT2D eigenvalue weighted by molar-refractivity contribution is -0.0872. The Morgan fingerprint density at radius 1 is 1.22 bits per heavy atom. The molecular formula is C16H25NO. The lowest BCUT2D eigenvalue weighted by atomic mass is 10.1. The van der Waals surface area contributed by atoms with Crippen LogP contribution in [0, 0.1) is 0 Å². The molecule has 18 heavy (non-hydrogen) atoms. The number of nitrogens with zero attached hydrogens (tertiary/aromatic N) is 1. The predicted octanol–water partition coefficient (Wildman–Crippen LogP) is 3.47. The van der Waals surface area contributed by atoms with Crippen molar-refractivity contribution in [3.8, 4) is 0 Å². The summed E-state index contributed by atoms with van der Waals surface area (Å²) in [5.41, 5.74) is 1.37. The van der Waals surface area contributed by atoms with Gasteiger partial charge in [0.25, 0.3) is 0 Å². The third-order valence-electron chi connectivity index (χ3n) is 3.23. The number of rotatable bonds is 3. The van der Waals surface area contributed by atoms with Crippen molar-refractivity contribution in [2.45, 2.75) is 51.9 Å². The van der Waals surface area contributed by atoms with Crippen LogP contribution in [0.5, 0.6) is 0 Å². The zero-order valence-electron chi connectivity index (χ0n) is 11.9. The van der Waals surface area contributed by atoms with Gasteiger partial charge in [-0.15, -0.1) is 0 Å². The van der Waals surface area contributed by atoms with Gasteiger partial charge in [0.1, 0.15) is 0 Å². The molecule has 0 bridgehead atoms. The second-order valence-corrected chi connectivity index (χ2v) is 6.22. The molecule has 0 aromatic heterocycles. The van der Waals surface area contributed by atoms with Gasteiger partial charge in [-0.3, -0.25) is 4.90 Å². The smallest absolute Gasteiger partial charge is 0.0709 e. The molecule has 0 radical (unpaired) electrons. The summed E-state index contributed by atoms with van der Waals surface area (Å²) in [6.07, 6.45) is 2.83. The van der Waals surface area contributed by atoms with Crippen LogP contribution in [-0.4, -0.2) is 29.7 Å². The van der Waals surface area contributed by atoms with Crippen molar-refractivity contribution >= 4 is 0 Å². The third kappa shape index (κ3) is 4.43. The molecular weight excluding hydrogens is 222 g/mol. The Kier molecular flexibility index (Phi) is 4.41. The van der Waals surface area contributed by atoms with Crippen molar-refractivity contribution in [1.82, 2.24) is 4.90 Å². The first-order valence-electron chi connectivity index (χ1n) is 6.97. The van der Waals surface area contributed by atoms with E-state index in [1.165, 1.54) is 24.9 Å². The molecule has 0 saturated carbocycles. The van der Waals surface area contributed by atoms with Gasteiger partial charge in [-0.25, -0.2) is 0 Å². The van der Waals surface area contributed by atoms with Crippen LogP contribution in [0.1, 0.15) is 39.2 Å². The van der Waals surface area contributed by atoms with Crippen molar-refractivity contribution in [1.29, 1.82) is 0 Å². The van der Waals surface area contributed by atoms with Gasteiger partial charge in [0.2, 0.25) is 0 Å². The Balaban J connectivity index is 1.87. The molecule has 2 nitrogen and oxygen atoms in total. The molecule has 100 valence electrons. The molecule has 0 spiro atoms. The fourth-order valence-corrected chi connectivity index (χ4v) is 2.59. The summed E-state index contributed by atoms with van der Waals surface area (Å²) in [5.74, 6) is 0. The highest BCUT2D eigenvalue weighted by Crippen LogP contribution is 2.20. The van der Waals surface area contributed by atoms with Crippen molar-refractivity contribution < 1.29 is 4.74 Å². The summed E-state index contributed by atoms with van der Waals surface area (Å²) in [6, 6.07) is 10.7. The van der Waals surface area contributed by atoms with Gasteiger partial charge in [-0.05, 0) is 45.7 Å². The molecule has 1 aromatic rings. The van der Waals surface area contributed by atoms with Crippen LogP contribution >= 0.6 is 0 Å². The first-order chi connectivity index (χ1) is 8.53. The van der Waals surface area contributed by atoms with E-state index >= 15 is 0 Å². The number of hydrogen-bond donors (Lipinski definition) is 0. The van der Waals surface area contributed by atoms with E-state index in [0.29, 0.717) is 6.10 Å². The zero-order chi connectivity index (χ0) is 13.0.